The van der Waals surface area contributed by atoms with Gasteiger partial charge in [0.25, 0.3) is 0 Å². The van der Waals surface area contributed by atoms with E-state index in [0.29, 0.717) is 18.1 Å². The van der Waals surface area contributed by atoms with E-state index in [4.69, 9.17) is 10.5 Å². The number of tetrazole rings is 1. The van der Waals surface area contributed by atoms with Crippen LogP contribution in [0.2, 0.25) is 0 Å². The molecule has 0 fully saturated rings. The molecule has 0 aliphatic carbocycles. The molecule has 2 aromatic heterocycles. The Balaban J connectivity index is 1.90. The summed E-state index contributed by atoms with van der Waals surface area (Å²) in [6, 6.07) is 3.75. The topological polar surface area (TPSA) is 91.7 Å². The van der Waals surface area contributed by atoms with Crippen LogP contribution in [0.25, 0.3) is 0 Å². The Bertz CT molecular complexity index is 466. The summed E-state index contributed by atoms with van der Waals surface area (Å²) in [5, 5.41) is 11.5. The summed E-state index contributed by atoms with van der Waals surface area (Å²) in [7, 11) is 1.71. The van der Waals surface area contributed by atoms with E-state index in [-0.39, 0.29) is 6.61 Å². The molecule has 2 heterocycles. The monoisotopic (exact) mass is 234 g/mol. The first-order chi connectivity index (χ1) is 8.28. The summed E-state index contributed by atoms with van der Waals surface area (Å²) < 4.78 is 5.47. The van der Waals surface area contributed by atoms with Crippen molar-refractivity contribution in [3.8, 4) is 5.75 Å². The highest BCUT2D eigenvalue weighted by molar-refractivity contribution is 5.20. The molecule has 0 spiro atoms. The Kier molecular flexibility index (Phi) is 3.61. The van der Waals surface area contributed by atoms with Gasteiger partial charge in [0.05, 0.1) is 13.2 Å². The molecule has 0 atom stereocenters. The quantitative estimate of drug-likeness (QED) is 0.762. The molecule has 7 nitrogen and oxygen atoms in total. The first kappa shape index (κ1) is 11.5. The number of nitrogens with zero attached hydrogens (tertiary/aromatic N) is 5. The maximum atomic E-state index is 5.47. The first-order valence-electron chi connectivity index (χ1n) is 5.28. The minimum absolute atomic E-state index is 0.283. The summed E-state index contributed by atoms with van der Waals surface area (Å²) in [5.41, 5.74) is 6.39. The van der Waals surface area contributed by atoms with E-state index in [2.05, 4.69) is 20.4 Å². The van der Waals surface area contributed by atoms with Gasteiger partial charge < -0.3 is 10.5 Å². The minimum Gasteiger partial charge on any atom is -0.484 e. The van der Waals surface area contributed by atoms with Crippen molar-refractivity contribution in [1.29, 1.82) is 0 Å². The lowest BCUT2D eigenvalue weighted by Gasteiger charge is -2.03. The molecule has 0 radical (unpaired) electrons. The van der Waals surface area contributed by atoms with Crippen molar-refractivity contribution in [3.63, 3.8) is 0 Å². The van der Waals surface area contributed by atoms with Gasteiger partial charge in [0, 0.05) is 12.1 Å². The fourth-order valence-corrected chi connectivity index (χ4v) is 1.32. The number of aryl methyl sites for hydroxylation is 1. The second kappa shape index (κ2) is 5.35. The van der Waals surface area contributed by atoms with E-state index in [1.807, 2.05) is 12.1 Å². The summed E-state index contributed by atoms with van der Waals surface area (Å²) in [4.78, 5) is 5.61. The largest absolute Gasteiger partial charge is 0.484 e. The number of hydrogen-bond acceptors (Lipinski definition) is 6. The van der Waals surface area contributed by atoms with Gasteiger partial charge in [0.2, 0.25) is 5.82 Å². The molecule has 0 saturated carbocycles. The van der Waals surface area contributed by atoms with Gasteiger partial charge in [-0.2, -0.15) is 4.80 Å². The number of rotatable bonds is 5. The Morgan fingerprint density at radius 1 is 1.41 bits per heavy atom. The third-order valence-electron chi connectivity index (χ3n) is 2.12. The van der Waals surface area contributed by atoms with Crippen LogP contribution in [-0.2, 0) is 20.1 Å². The second-order valence-corrected chi connectivity index (χ2v) is 3.51. The van der Waals surface area contributed by atoms with E-state index in [9.17, 15) is 0 Å². The van der Waals surface area contributed by atoms with Crippen molar-refractivity contribution in [2.75, 3.05) is 6.54 Å². The predicted octanol–water partition coefficient (Wildman–Crippen LogP) is -0.315. The molecule has 2 rings (SSSR count). The van der Waals surface area contributed by atoms with Crippen LogP contribution in [0.5, 0.6) is 5.75 Å². The van der Waals surface area contributed by atoms with E-state index in [0.717, 1.165) is 12.1 Å². The maximum absolute atomic E-state index is 5.47. The van der Waals surface area contributed by atoms with Crippen LogP contribution in [0.15, 0.2) is 18.3 Å². The zero-order valence-electron chi connectivity index (χ0n) is 9.58. The maximum Gasteiger partial charge on any atom is 0.212 e. The lowest BCUT2D eigenvalue weighted by molar-refractivity contribution is 0.294. The molecule has 0 aliphatic heterocycles. The normalized spacial score (nSPS) is 10.5. The van der Waals surface area contributed by atoms with E-state index >= 15 is 0 Å². The molecule has 0 amide bonds. The molecule has 0 aromatic carbocycles. The third-order valence-corrected chi connectivity index (χ3v) is 2.12. The van der Waals surface area contributed by atoms with Gasteiger partial charge in [-0.1, -0.05) is 0 Å². The highest BCUT2D eigenvalue weighted by atomic mass is 16.5. The molecular weight excluding hydrogens is 220 g/mol. The Morgan fingerprint density at radius 3 is 2.88 bits per heavy atom. The Labute approximate surface area is 98.6 Å². The van der Waals surface area contributed by atoms with Crippen molar-refractivity contribution in [2.45, 2.75) is 13.0 Å². The zero-order valence-corrected chi connectivity index (χ0v) is 9.58. The van der Waals surface area contributed by atoms with Crippen LogP contribution >= 0.6 is 0 Å². The molecule has 0 saturated heterocycles. The Morgan fingerprint density at radius 2 is 2.29 bits per heavy atom. The van der Waals surface area contributed by atoms with Crippen molar-refractivity contribution >= 4 is 0 Å². The average Bonchev–Trinajstić information content (AvgIpc) is 2.75. The second-order valence-electron chi connectivity index (χ2n) is 3.51. The van der Waals surface area contributed by atoms with Crippen LogP contribution in [0, 0.1) is 0 Å². The van der Waals surface area contributed by atoms with Gasteiger partial charge in [-0.3, -0.25) is 4.98 Å². The average molecular weight is 234 g/mol. The highest BCUT2D eigenvalue weighted by Crippen LogP contribution is 2.10. The summed E-state index contributed by atoms with van der Waals surface area (Å²) in [6.07, 6.45) is 2.44. The number of hydrogen-bond donors (Lipinski definition) is 1. The van der Waals surface area contributed by atoms with Crippen LogP contribution < -0.4 is 10.5 Å². The third kappa shape index (κ3) is 3.22. The predicted molar refractivity (Wildman–Crippen MR) is 60.1 cm³/mol. The van der Waals surface area contributed by atoms with Crippen molar-refractivity contribution in [1.82, 2.24) is 25.2 Å². The van der Waals surface area contributed by atoms with Gasteiger partial charge >= 0.3 is 0 Å². The molecule has 0 aliphatic rings. The summed E-state index contributed by atoms with van der Waals surface area (Å²) >= 11 is 0. The smallest absolute Gasteiger partial charge is 0.212 e. The first-order valence-corrected chi connectivity index (χ1v) is 5.28. The van der Waals surface area contributed by atoms with Gasteiger partial charge in [0.15, 0.2) is 6.61 Å². The minimum atomic E-state index is 0.283. The van der Waals surface area contributed by atoms with Crippen molar-refractivity contribution in [2.24, 2.45) is 12.8 Å². The van der Waals surface area contributed by atoms with Gasteiger partial charge in [-0.15, -0.1) is 10.2 Å². The summed E-state index contributed by atoms with van der Waals surface area (Å²) in [6.45, 7) is 0.877. The lowest BCUT2D eigenvalue weighted by Crippen LogP contribution is -2.04. The number of nitrogens with two attached hydrogens (primary N) is 1. The Hall–Kier alpha value is -2.02. The number of pyridine rings is 1. The standard InChI is InChI=1S/C10H14N6O/c1-16-14-10(13-15-16)7-17-9-3-2-8(4-5-11)12-6-9/h2-3,6H,4-5,7,11H2,1H3. The molecule has 2 aromatic rings. The van der Waals surface area contributed by atoms with Crippen LogP contribution in [0.3, 0.4) is 0 Å². The summed E-state index contributed by atoms with van der Waals surface area (Å²) in [5.74, 6) is 1.22. The molecular formula is C10H14N6O. The van der Waals surface area contributed by atoms with E-state index in [1.165, 1.54) is 4.80 Å². The van der Waals surface area contributed by atoms with Crippen LogP contribution in [0.1, 0.15) is 11.5 Å². The molecule has 0 bridgehead atoms. The molecule has 90 valence electrons. The number of ether oxygens (including phenoxy) is 1. The van der Waals surface area contributed by atoms with Crippen molar-refractivity contribution in [3.05, 3.63) is 29.8 Å². The fourth-order valence-electron chi connectivity index (χ4n) is 1.32. The molecule has 2 N–H and O–H groups in total. The van der Waals surface area contributed by atoms with Crippen molar-refractivity contribution < 1.29 is 4.74 Å². The van der Waals surface area contributed by atoms with Gasteiger partial charge in [-0.25, -0.2) is 0 Å². The zero-order chi connectivity index (χ0) is 12.1. The highest BCUT2D eigenvalue weighted by Gasteiger charge is 2.02. The SMILES string of the molecule is Cn1nnc(COc2ccc(CCN)nc2)n1. The van der Waals surface area contributed by atoms with Gasteiger partial charge in [-0.05, 0) is 23.9 Å². The molecule has 0 unspecified atom stereocenters. The fraction of sp³-hybridized carbons (Fsp3) is 0.400. The molecule has 17 heavy (non-hydrogen) atoms. The van der Waals surface area contributed by atoms with E-state index in [1.54, 1.807) is 13.2 Å². The lowest BCUT2D eigenvalue weighted by atomic mass is 10.3. The number of aromatic nitrogens is 5. The van der Waals surface area contributed by atoms with Gasteiger partial charge in [0.1, 0.15) is 5.75 Å². The van der Waals surface area contributed by atoms with Crippen LogP contribution in [0.4, 0.5) is 0 Å². The molecule has 7 heteroatoms. The van der Waals surface area contributed by atoms with Crippen LogP contribution in [-0.4, -0.2) is 31.7 Å². The van der Waals surface area contributed by atoms with E-state index < -0.39 is 0 Å².